The van der Waals surface area contributed by atoms with Crippen LogP contribution in [-0.4, -0.2) is 4.98 Å². The lowest BCUT2D eigenvalue weighted by Crippen LogP contribution is -1.97. The first kappa shape index (κ1) is 8.39. The van der Waals surface area contributed by atoms with Crippen LogP contribution >= 0.6 is 9.24 Å². The van der Waals surface area contributed by atoms with E-state index in [0.29, 0.717) is 16.6 Å². The van der Waals surface area contributed by atoms with Crippen LogP contribution in [0.4, 0.5) is 10.2 Å². The van der Waals surface area contributed by atoms with Gasteiger partial charge in [0.25, 0.3) is 0 Å². The average Bonchev–Trinajstić information content (AvgIpc) is 2.07. The molecule has 0 saturated heterocycles. The minimum absolute atomic E-state index is 0.267. The molecule has 1 aromatic heterocycles. The number of hydrogen-bond acceptors (Lipinski definition) is 2. The Balaban J connectivity index is 2.94. The molecule has 1 unspecified atom stereocenters. The van der Waals surface area contributed by atoms with Crippen molar-refractivity contribution in [3.8, 4) is 0 Å². The monoisotopic (exact) mass is 194 g/mol. The van der Waals surface area contributed by atoms with Crippen molar-refractivity contribution in [1.82, 2.24) is 4.98 Å². The van der Waals surface area contributed by atoms with Gasteiger partial charge in [0, 0.05) is 17.0 Å². The second-order valence-corrected chi connectivity index (χ2v) is 3.46. The molecular weight excluding hydrogens is 186 g/mol. The fraction of sp³-hybridized carbons (Fsp3) is 0. The third kappa shape index (κ3) is 1.36. The number of nitrogens with zero attached hydrogens (tertiary/aromatic N) is 1. The second kappa shape index (κ2) is 2.93. The topological polar surface area (TPSA) is 38.9 Å². The number of aromatic nitrogens is 1. The summed E-state index contributed by atoms with van der Waals surface area (Å²) >= 11 is 0. The van der Waals surface area contributed by atoms with Crippen molar-refractivity contribution in [3.63, 3.8) is 0 Å². The van der Waals surface area contributed by atoms with Crippen molar-refractivity contribution in [2.45, 2.75) is 0 Å². The van der Waals surface area contributed by atoms with Crippen molar-refractivity contribution >= 4 is 31.1 Å². The predicted octanol–water partition coefficient (Wildman–Crippen LogP) is 1.46. The van der Waals surface area contributed by atoms with Gasteiger partial charge < -0.3 is 5.73 Å². The maximum Gasteiger partial charge on any atom is 0.131 e. The summed E-state index contributed by atoms with van der Waals surface area (Å²) in [6, 6.07) is 4.86. The van der Waals surface area contributed by atoms with E-state index < -0.39 is 0 Å². The van der Waals surface area contributed by atoms with Gasteiger partial charge >= 0.3 is 0 Å². The molecule has 0 radical (unpaired) electrons. The lowest BCUT2D eigenvalue weighted by atomic mass is 10.1. The van der Waals surface area contributed by atoms with Crippen molar-refractivity contribution in [1.29, 1.82) is 0 Å². The Morgan fingerprint density at radius 1 is 1.31 bits per heavy atom. The van der Waals surface area contributed by atoms with Gasteiger partial charge in [0.2, 0.25) is 0 Å². The van der Waals surface area contributed by atoms with E-state index >= 15 is 0 Å². The molecule has 2 rings (SSSR count). The number of nitrogens with two attached hydrogens (primary N) is 1. The zero-order chi connectivity index (χ0) is 9.42. The van der Waals surface area contributed by atoms with Gasteiger partial charge in [0.1, 0.15) is 11.6 Å². The van der Waals surface area contributed by atoms with Gasteiger partial charge in [0.15, 0.2) is 0 Å². The fourth-order valence-corrected chi connectivity index (χ4v) is 1.59. The van der Waals surface area contributed by atoms with Gasteiger partial charge in [-0.1, -0.05) is 0 Å². The van der Waals surface area contributed by atoms with Crippen LogP contribution in [0.1, 0.15) is 0 Å². The standard InChI is InChI=1S/C9H8FN2P/c10-8-4-5(13)3-7-6(8)1-2-12-9(7)11/h1-4H,13H2,(H2,11,12). The molecule has 0 spiro atoms. The zero-order valence-electron chi connectivity index (χ0n) is 6.79. The first-order valence-corrected chi connectivity index (χ1v) is 4.35. The van der Waals surface area contributed by atoms with Crippen molar-refractivity contribution in [2.24, 2.45) is 0 Å². The molecule has 1 aromatic carbocycles. The van der Waals surface area contributed by atoms with E-state index in [2.05, 4.69) is 14.2 Å². The number of hydrogen-bond donors (Lipinski definition) is 1. The summed E-state index contributed by atoms with van der Waals surface area (Å²) < 4.78 is 13.3. The maximum absolute atomic E-state index is 13.3. The minimum atomic E-state index is -0.267. The number of anilines is 1. The highest BCUT2D eigenvalue weighted by Crippen LogP contribution is 2.20. The Morgan fingerprint density at radius 3 is 2.85 bits per heavy atom. The lowest BCUT2D eigenvalue weighted by Gasteiger charge is -2.02. The van der Waals surface area contributed by atoms with Gasteiger partial charge in [-0.05, 0) is 23.5 Å². The van der Waals surface area contributed by atoms with Crippen LogP contribution in [0.3, 0.4) is 0 Å². The Labute approximate surface area is 77.2 Å². The molecule has 0 aliphatic heterocycles. The molecule has 0 aliphatic rings. The van der Waals surface area contributed by atoms with Gasteiger partial charge in [-0.25, -0.2) is 9.37 Å². The van der Waals surface area contributed by atoms with Crippen LogP contribution in [-0.2, 0) is 0 Å². The summed E-state index contributed by atoms with van der Waals surface area (Å²) in [5.41, 5.74) is 5.61. The number of halogens is 1. The van der Waals surface area contributed by atoms with Crippen LogP contribution < -0.4 is 11.0 Å². The Morgan fingerprint density at radius 2 is 2.08 bits per heavy atom. The van der Waals surface area contributed by atoms with Gasteiger partial charge in [0.05, 0.1) is 0 Å². The maximum atomic E-state index is 13.3. The summed E-state index contributed by atoms with van der Waals surface area (Å²) in [7, 11) is 2.44. The van der Waals surface area contributed by atoms with Crippen LogP contribution in [0, 0.1) is 5.82 Å². The molecule has 1 atom stereocenters. The smallest absolute Gasteiger partial charge is 0.131 e. The first-order valence-electron chi connectivity index (χ1n) is 3.77. The number of nitrogen functional groups attached to an aromatic ring is 1. The van der Waals surface area contributed by atoms with Crippen LogP contribution in [0.2, 0.25) is 0 Å². The molecule has 0 saturated carbocycles. The third-order valence-electron chi connectivity index (χ3n) is 1.88. The van der Waals surface area contributed by atoms with Crippen molar-refractivity contribution < 1.29 is 4.39 Å². The van der Waals surface area contributed by atoms with E-state index in [1.807, 2.05) is 0 Å². The quantitative estimate of drug-likeness (QED) is 0.645. The zero-order valence-corrected chi connectivity index (χ0v) is 7.94. The Bertz CT molecular complexity index is 470. The van der Waals surface area contributed by atoms with E-state index in [9.17, 15) is 4.39 Å². The molecule has 4 heteroatoms. The number of benzene rings is 1. The molecule has 66 valence electrons. The SMILES string of the molecule is Nc1nccc2c(F)cc(P)cc12. The molecule has 0 amide bonds. The molecule has 1 heterocycles. The van der Waals surface area contributed by atoms with E-state index in [-0.39, 0.29) is 5.82 Å². The largest absolute Gasteiger partial charge is 0.383 e. The van der Waals surface area contributed by atoms with E-state index in [4.69, 9.17) is 5.73 Å². The predicted molar refractivity (Wildman–Crippen MR) is 55.5 cm³/mol. The van der Waals surface area contributed by atoms with Gasteiger partial charge in [-0.3, -0.25) is 0 Å². The summed E-state index contributed by atoms with van der Waals surface area (Å²) in [6.07, 6.45) is 1.50. The Hall–Kier alpha value is -1.21. The molecule has 13 heavy (non-hydrogen) atoms. The van der Waals surface area contributed by atoms with E-state index in [1.165, 1.54) is 12.3 Å². The van der Waals surface area contributed by atoms with Gasteiger partial charge in [-0.2, -0.15) is 0 Å². The molecule has 0 bridgehead atoms. The van der Waals surface area contributed by atoms with Gasteiger partial charge in [-0.15, -0.1) is 9.24 Å². The molecule has 0 fully saturated rings. The minimum Gasteiger partial charge on any atom is -0.383 e. The molecule has 2 aromatic rings. The molecular formula is C9H8FN2P. The molecule has 2 N–H and O–H groups in total. The third-order valence-corrected chi connectivity index (χ3v) is 2.22. The normalized spacial score (nSPS) is 10.6. The number of fused-ring (bicyclic) bond motifs is 1. The van der Waals surface area contributed by atoms with Crippen LogP contribution in [0.5, 0.6) is 0 Å². The van der Waals surface area contributed by atoms with E-state index in [1.54, 1.807) is 12.1 Å². The summed E-state index contributed by atoms with van der Waals surface area (Å²) in [4.78, 5) is 3.89. The number of pyridine rings is 1. The lowest BCUT2D eigenvalue weighted by molar-refractivity contribution is 0.641. The molecule has 2 nitrogen and oxygen atoms in total. The Kier molecular flexibility index (Phi) is 1.89. The molecule has 0 aliphatic carbocycles. The second-order valence-electron chi connectivity index (χ2n) is 2.79. The van der Waals surface area contributed by atoms with Crippen LogP contribution in [0.15, 0.2) is 24.4 Å². The highest BCUT2D eigenvalue weighted by molar-refractivity contribution is 7.27. The van der Waals surface area contributed by atoms with Crippen LogP contribution in [0.25, 0.3) is 10.8 Å². The first-order chi connectivity index (χ1) is 6.18. The fourth-order valence-electron chi connectivity index (χ4n) is 1.28. The summed E-state index contributed by atoms with van der Waals surface area (Å²) in [6.45, 7) is 0. The van der Waals surface area contributed by atoms with E-state index in [0.717, 1.165) is 5.30 Å². The highest BCUT2D eigenvalue weighted by atomic mass is 31.0. The van der Waals surface area contributed by atoms with Crippen molar-refractivity contribution in [2.75, 3.05) is 5.73 Å². The summed E-state index contributed by atoms with van der Waals surface area (Å²) in [5, 5.41) is 1.94. The van der Waals surface area contributed by atoms with Crippen molar-refractivity contribution in [3.05, 3.63) is 30.2 Å². The number of rotatable bonds is 0. The summed E-state index contributed by atoms with van der Waals surface area (Å²) in [5.74, 6) is 0.0947. The average molecular weight is 194 g/mol. The highest BCUT2D eigenvalue weighted by Gasteiger charge is 2.04.